The van der Waals surface area contributed by atoms with Crippen LogP contribution in [0, 0.1) is 11.3 Å². The van der Waals surface area contributed by atoms with Gasteiger partial charge in [0.25, 0.3) is 0 Å². The number of hydrogen-bond donors (Lipinski definition) is 2. The fourth-order valence-corrected chi connectivity index (χ4v) is 2.48. The molecule has 0 bridgehead atoms. The van der Waals surface area contributed by atoms with Crippen LogP contribution < -0.4 is 10.1 Å². The Hall–Kier alpha value is -1.75. The molecule has 1 atom stereocenters. The second kappa shape index (κ2) is 6.57. The first-order chi connectivity index (χ1) is 10.3. The number of nitrogens with one attached hydrogen (secondary N) is 1. The molecule has 0 saturated heterocycles. The quantitative estimate of drug-likeness (QED) is 0.872. The van der Waals surface area contributed by atoms with Gasteiger partial charge in [0.15, 0.2) is 0 Å². The van der Waals surface area contributed by atoms with Crippen LogP contribution in [-0.2, 0) is 16.0 Å². The largest absolute Gasteiger partial charge is 0.492 e. The molecule has 6 heteroatoms. The maximum atomic E-state index is 12.2. The average molecular weight is 326 g/mol. The lowest BCUT2D eigenvalue weighted by Gasteiger charge is -2.25. The van der Waals surface area contributed by atoms with Crippen molar-refractivity contribution in [1.82, 2.24) is 5.32 Å². The van der Waals surface area contributed by atoms with Gasteiger partial charge in [-0.15, -0.1) is 0 Å². The van der Waals surface area contributed by atoms with Crippen molar-refractivity contribution < 1.29 is 19.4 Å². The number of carbonyl (C=O) groups excluding carboxylic acids is 1. The topological polar surface area (TPSA) is 75.6 Å². The molecule has 0 fully saturated rings. The van der Waals surface area contributed by atoms with Crippen LogP contribution in [0.4, 0.5) is 0 Å². The second-order valence-corrected chi connectivity index (χ2v) is 6.63. The highest BCUT2D eigenvalue weighted by Crippen LogP contribution is 2.29. The molecule has 1 aliphatic rings. The number of hydrogen-bond acceptors (Lipinski definition) is 3. The summed E-state index contributed by atoms with van der Waals surface area (Å²) in [6.45, 7) is 3.94. The molecule has 1 heterocycles. The van der Waals surface area contributed by atoms with Gasteiger partial charge in [0.2, 0.25) is 5.91 Å². The van der Waals surface area contributed by atoms with E-state index in [1.54, 1.807) is 26.0 Å². The molecule has 2 rings (SSSR count). The van der Waals surface area contributed by atoms with E-state index in [1.165, 1.54) is 0 Å². The van der Waals surface area contributed by atoms with Gasteiger partial charge in [-0.3, -0.25) is 9.59 Å². The maximum absolute atomic E-state index is 12.2. The summed E-state index contributed by atoms with van der Waals surface area (Å²) >= 11 is 5.96. The minimum absolute atomic E-state index is 0.119. The fraction of sp³-hybridized carbons (Fsp3) is 0.500. The summed E-state index contributed by atoms with van der Waals surface area (Å²) in [7, 11) is 0. The van der Waals surface area contributed by atoms with Crippen LogP contribution in [0.2, 0.25) is 5.02 Å². The number of ether oxygens (including phenoxy) is 1. The number of carbonyl (C=O) groups is 2. The van der Waals surface area contributed by atoms with E-state index in [1.807, 2.05) is 6.07 Å². The van der Waals surface area contributed by atoms with E-state index in [2.05, 4.69) is 5.32 Å². The summed E-state index contributed by atoms with van der Waals surface area (Å²) in [5.41, 5.74) is 0.0704. The molecule has 2 N–H and O–H groups in total. The Morgan fingerprint density at radius 2 is 2.18 bits per heavy atom. The number of halogens is 1. The van der Waals surface area contributed by atoms with E-state index in [0.717, 1.165) is 11.3 Å². The zero-order valence-corrected chi connectivity index (χ0v) is 13.4. The van der Waals surface area contributed by atoms with Crippen LogP contribution in [0.25, 0.3) is 0 Å². The normalized spacial score (nSPS) is 17.3. The van der Waals surface area contributed by atoms with E-state index in [9.17, 15) is 9.59 Å². The van der Waals surface area contributed by atoms with Gasteiger partial charge in [0, 0.05) is 11.6 Å². The summed E-state index contributed by atoms with van der Waals surface area (Å²) < 4.78 is 5.58. The zero-order valence-electron chi connectivity index (χ0n) is 12.7. The van der Waals surface area contributed by atoms with Crippen LogP contribution in [0.3, 0.4) is 0 Å². The third-order valence-corrected chi connectivity index (χ3v) is 4.16. The summed E-state index contributed by atoms with van der Waals surface area (Å²) in [5, 5.41) is 12.5. The van der Waals surface area contributed by atoms with Gasteiger partial charge in [-0.25, -0.2) is 0 Å². The van der Waals surface area contributed by atoms with Gasteiger partial charge in [-0.2, -0.15) is 0 Å². The first-order valence-electron chi connectivity index (χ1n) is 7.22. The van der Waals surface area contributed by atoms with E-state index < -0.39 is 11.4 Å². The third kappa shape index (κ3) is 3.91. The van der Waals surface area contributed by atoms with Crippen LogP contribution in [0.1, 0.15) is 25.8 Å². The Balaban J connectivity index is 1.88. The number of amides is 1. The zero-order chi connectivity index (χ0) is 16.3. The van der Waals surface area contributed by atoms with Crippen molar-refractivity contribution in [2.45, 2.75) is 26.7 Å². The van der Waals surface area contributed by atoms with Crippen molar-refractivity contribution in [3.05, 3.63) is 28.8 Å². The summed E-state index contributed by atoms with van der Waals surface area (Å²) in [5.74, 6) is -0.502. The molecule has 0 spiro atoms. The van der Waals surface area contributed by atoms with Crippen LogP contribution in [-0.4, -0.2) is 30.1 Å². The Morgan fingerprint density at radius 1 is 1.45 bits per heavy atom. The van der Waals surface area contributed by atoms with Crippen LogP contribution in [0.5, 0.6) is 5.75 Å². The summed E-state index contributed by atoms with van der Waals surface area (Å²) in [6, 6.07) is 5.37. The lowest BCUT2D eigenvalue weighted by molar-refractivity contribution is -0.147. The van der Waals surface area contributed by atoms with Crippen molar-refractivity contribution in [2.24, 2.45) is 11.3 Å². The third-order valence-electron chi connectivity index (χ3n) is 3.93. The highest BCUT2D eigenvalue weighted by molar-refractivity contribution is 6.30. The molecular weight excluding hydrogens is 306 g/mol. The van der Waals surface area contributed by atoms with Gasteiger partial charge < -0.3 is 15.2 Å². The van der Waals surface area contributed by atoms with Gasteiger partial charge in [-0.1, -0.05) is 11.6 Å². The van der Waals surface area contributed by atoms with E-state index >= 15 is 0 Å². The highest BCUT2D eigenvalue weighted by atomic mass is 35.5. The van der Waals surface area contributed by atoms with Crippen molar-refractivity contribution >= 4 is 23.5 Å². The standard InChI is InChI=1S/C16H20ClNO4/c1-16(2,15(20)21)5-6-18-14(19)11-7-10-8-12(17)3-4-13(10)22-9-11/h3-4,8,11H,5-7,9H2,1-2H3,(H,18,19)(H,20,21). The Morgan fingerprint density at radius 3 is 2.86 bits per heavy atom. The van der Waals surface area contributed by atoms with Gasteiger partial charge in [0.1, 0.15) is 12.4 Å². The van der Waals surface area contributed by atoms with Gasteiger partial charge in [-0.05, 0) is 50.5 Å². The molecule has 1 aromatic carbocycles. The van der Waals surface area contributed by atoms with Crippen molar-refractivity contribution in [2.75, 3.05) is 13.2 Å². The number of fused-ring (bicyclic) bond motifs is 1. The maximum Gasteiger partial charge on any atom is 0.309 e. The second-order valence-electron chi connectivity index (χ2n) is 6.19. The molecule has 1 unspecified atom stereocenters. The van der Waals surface area contributed by atoms with Crippen molar-refractivity contribution in [3.63, 3.8) is 0 Å². The number of benzene rings is 1. The van der Waals surface area contributed by atoms with Crippen molar-refractivity contribution in [3.8, 4) is 5.75 Å². The number of carboxylic acid groups (broad SMARTS) is 1. The minimum Gasteiger partial charge on any atom is -0.492 e. The molecule has 22 heavy (non-hydrogen) atoms. The predicted molar refractivity (Wildman–Crippen MR) is 83.2 cm³/mol. The molecule has 0 aromatic heterocycles. The molecule has 0 aliphatic carbocycles. The van der Waals surface area contributed by atoms with Crippen molar-refractivity contribution in [1.29, 1.82) is 0 Å². The molecular formula is C16H20ClNO4. The summed E-state index contributed by atoms with van der Waals surface area (Å²) in [6.07, 6.45) is 0.952. The molecule has 1 aliphatic heterocycles. The van der Waals surface area contributed by atoms with Gasteiger partial charge >= 0.3 is 5.97 Å². The van der Waals surface area contributed by atoms with Crippen LogP contribution >= 0.6 is 11.6 Å². The lowest BCUT2D eigenvalue weighted by atomic mass is 9.89. The number of carboxylic acids is 1. The minimum atomic E-state index is -0.869. The van der Waals surface area contributed by atoms with E-state index in [4.69, 9.17) is 21.4 Å². The molecule has 120 valence electrons. The Bertz CT molecular complexity index is 586. The van der Waals surface area contributed by atoms with E-state index in [-0.39, 0.29) is 11.8 Å². The molecule has 0 saturated carbocycles. The number of rotatable bonds is 5. The highest BCUT2D eigenvalue weighted by Gasteiger charge is 2.29. The number of aliphatic carboxylic acids is 1. The summed E-state index contributed by atoms with van der Waals surface area (Å²) in [4.78, 5) is 23.2. The Kier molecular flexibility index (Phi) is 4.96. The van der Waals surface area contributed by atoms with Crippen LogP contribution in [0.15, 0.2) is 18.2 Å². The average Bonchev–Trinajstić information content (AvgIpc) is 2.45. The fourth-order valence-electron chi connectivity index (χ4n) is 2.28. The SMILES string of the molecule is CC(C)(CCNC(=O)C1COc2ccc(Cl)cc2C1)C(=O)O. The molecule has 5 nitrogen and oxygen atoms in total. The monoisotopic (exact) mass is 325 g/mol. The first-order valence-corrected chi connectivity index (χ1v) is 7.60. The first kappa shape index (κ1) is 16.6. The Labute approximate surface area is 134 Å². The molecule has 1 amide bonds. The molecule has 0 radical (unpaired) electrons. The lowest BCUT2D eigenvalue weighted by Crippen LogP contribution is -2.39. The van der Waals surface area contributed by atoms with E-state index in [0.29, 0.717) is 31.0 Å². The smallest absolute Gasteiger partial charge is 0.309 e. The van der Waals surface area contributed by atoms with Gasteiger partial charge in [0.05, 0.1) is 11.3 Å². The predicted octanol–water partition coefficient (Wildman–Crippen LogP) is 2.51. The molecule has 1 aromatic rings.